The summed E-state index contributed by atoms with van der Waals surface area (Å²) in [5.74, 6) is 0. The zero-order valence-electron chi connectivity index (χ0n) is 6.56. The maximum absolute atomic E-state index is 11.6. The summed E-state index contributed by atoms with van der Waals surface area (Å²) >= 11 is 0. The molecule has 0 amide bonds. The van der Waals surface area contributed by atoms with Gasteiger partial charge in [-0.3, -0.25) is 0 Å². The average Bonchev–Trinajstić information content (AvgIpc) is 1.82. The zero-order valence-corrected chi connectivity index (χ0v) is 7.38. The van der Waals surface area contributed by atoms with Crippen LogP contribution in [-0.4, -0.2) is 29.6 Å². The van der Waals surface area contributed by atoms with Crippen LogP contribution in [0.3, 0.4) is 0 Å². The summed E-state index contributed by atoms with van der Waals surface area (Å²) in [4.78, 5) is 0. The van der Waals surface area contributed by atoms with E-state index < -0.39 is 30.9 Å². The maximum atomic E-state index is 11.6. The van der Waals surface area contributed by atoms with E-state index in [0.717, 1.165) is 0 Å². The molecule has 3 N–H and O–H groups in total. The normalized spacial score (nSPS) is 17.1. The van der Waals surface area contributed by atoms with E-state index in [9.17, 15) is 26.3 Å². The third-order valence-corrected chi connectivity index (χ3v) is 1.28. The molecule has 0 aliphatic carbocycles. The number of aliphatic hydroxyl groups excluding tert-OH is 1. The van der Waals surface area contributed by atoms with Gasteiger partial charge in [0.2, 0.25) is 0 Å². The molecule has 0 heterocycles. The first-order valence-electron chi connectivity index (χ1n) is 3.12. The van der Waals surface area contributed by atoms with E-state index >= 15 is 0 Å². The SMILES string of the molecule is Cl.N[C@H](C[C@@H](O)C(F)(F)F)C(F)(F)F. The fraction of sp³-hybridized carbons (Fsp3) is 1.00. The van der Waals surface area contributed by atoms with Gasteiger partial charge in [-0.05, 0) is 0 Å². The summed E-state index contributed by atoms with van der Waals surface area (Å²) in [7, 11) is 0. The van der Waals surface area contributed by atoms with Crippen LogP contribution in [0.1, 0.15) is 6.42 Å². The summed E-state index contributed by atoms with van der Waals surface area (Å²) in [5, 5.41) is 8.21. The number of rotatable bonds is 2. The van der Waals surface area contributed by atoms with Gasteiger partial charge in [0, 0.05) is 6.42 Å². The van der Waals surface area contributed by atoms with Gasteiger partial charge in [0.05, 0.1) is 0 Å². The molecule has 2 atom stereocenters. The van der Waals surface area contributed by atoms with Crippen molar-refractivity contribution in [2.45, 2.75) is 30.9 Å². The van der Waals surface area contributed by atoms with E-state index in [2.05, 4.69) is 5.73 Å². The number of halogens is 7. The van der Waals surface area contributed by atoms with Gasteiger partial charge in [-0.25, -0.2) is 0 Å². The average molecular weight is 248 g/mol. The largest absolute Gasteiger partial charge is 0.414 e. The lowest BCUT2D eigenvalue weighted by molar-refractivity contribution is -0.219. The van der Waals surface area contributed by atoms with Crippen LogP contribution in [0.2, 0.25) is 0 Å². The number of nitrogens with two attached hydrogens (primary N) is 1. The van der Waals surface area contributed by atoms with Crippen molar-refractivity contribution in [1.82, 2.24) is 0 Å². The Morgan fingerprint density at radius 2 is 1.36 bits per heavy atom. The molecule has 0 aromatic heterocycles. The second-order valence-electron chi connectivity index (χ2n) is 2.44. The minimum absolute atomic E-state index is 0. The molecule has 2 nitrogen and oxygen atoms in total. The minimum atomic E-state index is -5.07. The van der Waals surface area contributed by atoms with Gasteiger partial charge in [-0.1, -0.05) is 0 Å². The van der Waals surface area contributed by atoms with Crippen LogP contribution in [0.15, 0.2) is 0 Å². The Kier molecular flexibility index (Phi) is 5.84. The van der Waals surface area contributed by atoms with Crippen LogP contribution in [0, 0.1) is 0 Å². The van der Waals surface area contributed by atoms with Crippen LogP contribution in [0.5, 0.6) is 0 Å². The standard InChI is InChI=1S/C5H7F6NO.ClH/c6-4(7,8)2(12)1-3(13)5(9,10)11;/h2-3,13H,1,12H2;1H/t2-,3-;/m1./s1. The van der Waals surface area contributed by atoms with Gasteiger partial charge in [0.15, 0.2) is 6.10 Å². The molecule has 0 aromatic carbocycles. The first-order valence-corrected chi connectivity index (χ1v) is 3.12. The van der Waals surface area contributed by atoms with Crippen molar-refractivity contribution in [2.75, 3.05) is 0 Å². The molecule has 0 unspecified atom stereocenters. The summed E-state index contributed by atoms with van der Waals surface area (Å²) in [6, 6.07) is -2.66. The van der Waals surface area contributed by atoms with Crippen molar-refractivity contribution in [3.63, 3.8) is 0 Å². The molecule has 0 saturated heterocycles. The second kappa shape index (κ2) is 5.04. The van der Waals surface area contributed by atoms with E-state index in [1.54, 1.807) is 0 Å². The number of aliphatic hydroxyl groups is 1. The molecule has 0 aliphatic rings. The fourth-order valence-corrected chi connectivity index (χ4v) is 0.508. The highest BCUT2D eigenvalue weighted by molar-refractivity contribution is 5.85. The molecule has 0 aliphatic heterocycles. The van der Waals surface area contributed by atoms with Crippen molar-refractivity contribution in [2.24, 2.45) is 5.73 Å². The molecule has 0 radical (unpaired) electrons. The summed E-state index contributed by atoms with van der Waals surface area (Å²) in [5.41, 5.74) is 4.36. The third-order valence-electron chi connectivity index (χ3n) is 1.28. The second-order valence-corrected chi connectivity index (χ2v) is 2.44. The van der Waals surface area contributed by atoms with Crippen molar-refractivity contribution >= 4 is 12.4 Å². The van der Waals surface area contributed by atoms with E-state index in [0.29, 0.717) is 0 Å². The molecule has 0 spiro atoms. The molecule has 0 fully saturated rings. The highest BCUT2D eigenvalue weighted by Gasteiger charge is 2.45. The summed E-state index contributed by atoms with van der Waals surface area (Å²) < 4.78 is 69.4. The molecule has 0 rings (SSSR count). The quantitative estimate of drug-likeness (QED) is 0.729. The molecule has 9 heteroatoms. The molecule has 0 saturated carbocycles. The van der Waals surface area contributed by atoms with Crippen molar-refractivity contribution in [3.05, 3.63) is 0 Å². The summed E-state index contributed by atoms with van der Waals surface area (Å²) in [6.45, 7) is 0. The topological polar surface area (TPSA) is 46.2 Å². The van der Waals surface area contributed by atoms with E-state index in [1.165, 1.54) is 0 Å². The van der Waals surface area contributed by atoms with Gasteiger partial charge >= 0.3 is 12.4 Å². The molecular weight excluding hydrogens is 240 g/mol. The lowest BCUT2D eigenvalue weighted by Gasteiger charge is -2.20. The van der Waals surface area contributed by atoms with Crippen LogP contribution < -0.4 is 5.73 Å². The third kappa shape index (κ3) is 5.51. The van der Waals surface area contributed by atoms with E-state index in [4.69, 9.17) is 5.11 Å². The first-order chi connectivity index (χ1) is 5.55. The number of hydrogen-bond acceptors (Lipinski definition) is 2. The molecule has 0 bridgehead atoms. The number of alkyl halides is 6. The first kappa shape index (κ1) is 16.2. The van der Waals surface area contributed by atoms with Crippen molar-refractivity contribution < 1.29 is 31.4 Å². The molecule has 0 aromatic rings. The molecule has 88 valence electrons. The Labute approximate surface area is 81.5 Å². The Morgan fingerprint density at radius 1 is 1.00 bits per heavy atom. The van der Waals surface area contributed by atoms with Gasteiger partial charge in [0.1, 0.15) is 6.04 Å². The Balaban J connectivity index is 0. The van der Waals surface area contributed by atoms with Gasteiger partial charge in [-0.15, -0.1) is 12.4 Å². The molecule has 14 heavy (non-hydrogen) atoms. The lowest BCUT2D eigenvalue weighted by atomic mass is 10.1. The van der Waals surface area contributed by atoms with Crippen LogP contribution >= 0.6 is 12.4 Å². The minimum Gasteiger partial charge on any atom is -0.384 e. The Bertz CT molecular complexity index is 151. The van der Waals surface area contributed by atoms with Gasteiger partial charge in [0.25, 0.3) is 0 Å². The van der Waals surface area contributed by atoms with Gasteiger partial charge in [-0.2, -0.15) is 26.3 Å². The molecular formula is C5H8ClF6NO. The fourth-order valence-electron chi connectivity index (χ4n) is 0.508. The number of hydrogen-bond donors (Lipinski definition) is 2. The van der Waals surface area contributed by atoms with Crippen molar-refractivity contribution in [1.29, 1.82) is 0 Å². The highest BCUT2D eigenvalue weighted by atomic mass is 35.5. The zero-order chi connectivity index (χ0) is 10.9. The predicted molar refractivity (Wildman–Crippen MR) is 38.0 cm³/mol. The van der Waals surface area contributed by atoms with Crippen LogP contribution in [0.4, 0.5) is 26.3 Å². The van der Waals surface area contributed by atoms with Gasteiger partial charge < -0.3 is 10.8 Å². The Hall–Kier alpha value is -0.210. The van der Waals surface area contributed by atoms with Crippen LogP contribution in [0.25, 0.3) is 0 Å². The predicted octanol–water partition coefficient (Wildman–Crippen LogP) is 1.61. The highest BCUT2D eigenvalue weighted by Crippen LogP contribution is 2.28. The summed E-state index contributed by atoms with van der Waals surface area (Å²) in [6.07, 6.45) is -14.6. The Morgan fingerprint density at radius 3 is 1.57 bits per heavy atom. The van der Waals surface area contributed by atoms with Crippen LogP contribution in [-0.2, 0) is 0 Å². The lowest BCUT2D eigenvalue weighted by Crippen LogP contribution is -2.43. The monoisotopic (exact) mass is 247 g/mol. The van der Waals surface area contributed by atoms with Crippen molar-refractivity contribution in [3.8, 4) is 0 Å². The smallest absolute Gasteiger partial charge is 0.384 e. The van der Waals surface area contributed by atoms with E-state index in [-0.39, 0.29) is 12.4 Å². The maximum Gasteiger partial charge on any atom is 0.414 e. The van der Waals surface area contributed by atoms with E-state index in [1.807, 2.05) is 0 Å².